The van der Waals surface area contributed by atoms with Crippen molar-refractivity contribution in [1.29, 1.82) is 0 Å². The normalized spacial score (nSPS) is 29.6. The summed E-state index contributed by atoms with van der Waals surface area (Å²) in [6.45, 7) is -0.0579. The smallest absolute Gasteiger partial charge is 0.251 e. The molecule has 0 aliphatic heterocycles. The second-order valence-electron chi connectivity index (χ2n) is 9.34. The maximum absolute atomic E-state index is 12.2. The lowest BCUT2D eigenvalue weighted by molar-refractivity contribution is -0.115. The van der Waals surface area contributed by atoms with Gasteiger partial charge in [-0.2, -0.15) is 0 Å². The molecule has 152 valence electrons. The topological polar surface area (TPSA) is 71.1 Å². The molecule has 0 atom stereocenters. The zero-order valence-electron chi connectivity index (χ0n) is 16.5. The molecule has 4 aliphatic rings. The Bertz CT molecular complexity index is 873. The summed E-state index contributed by atoms with van der Waals surface area (Å²) in [6, 6.07) is 8.91. The quantitative estimate of drug-likeness (QED) is 0.748. The number of nitrogens with one attached hydrogen (secondary N) is 2. The highest BCUT2D eigenvalue weighted by molar-refractivity contribution is 7.13. The average molecular weight is 410 g/mol. The Morgan fingerprint density at radius 2 is 1.69 bits per heavy atom. The van der Waals surface area contributed by atoms with Crippen LogP contribution in [0.15, 0.2) is 35.7 Å². The van der Waals surface area contributed by atoms with Gasteiger partial charge in [0.1, 0.15) is 0 Å². The number of thiazole rings is 1. The number of carbonyl (C=O) groups is 2. The SMILES string of the molecule is O=C(CNC(=O)c1ccccc1)Nc1nc(CC23CC4CC(CC(C4)C2)C3)cs1. The third-order valence-electron chi connectivity index (χ3n) is 6.96. The summed E-state index contributed by atoms with van der Waals surface area (Å²) in [5.41, 5.74) is 2.11. The number of nitrogens with zero attached hydrogens (tertiary/aromatic N) is 1. The van der Waals surface area contributed by atoms with E-state index in [0.717, 1.165) is 29.9 Å². The van der Waals surface area contributed by atoms with Gasteiger partial charge in [-0.3, -0.25) is 9.59 Å². The van der Waals surface area contributed by atoms with E-state index < -0.39 is 0 Å². The molecule has 29 heavy (non-hydrogen) atoms. The molecule has 2 N–H and O–H groups in total. The maximum Gasteiger partial charge on any atom is 0.251 e. The summed E-state index contributed by atoms with van der Waals surface area (Å²) < 4.78 is 0. The number of hydrogen-bond acceptors (Lipinski definition) is 4. The molecule has 0 spiro atoms. The minimum atomic E-state index is -0.248. The van der Waals surface area contributed by atoms with Crippen LogP contribution in [0.25, 0.3) is 0 Å². The van der Waals surface area contributed by atoms with Gasteiger partial charge in [0.05, 0.1) is 12.2 Å². The molecule has 4 bridgehead atoms. The summed E-state index contributed by atoms with van der Waals surface area (Å²) in [6.07, 6.45) is 9.50. The van der Waals surface area contributed by atoms with E-state index in [2.05, 4.69) is 21.0 Å². The number of carbonyl (C=O) groups excluding carboxylic acids is 2. The van der Waals surface area contributed by atoms with Crippen molar-refractivity contribution in [3.8, 4) is 0 Å². The predicted molar refractivity (Wildman–Crippen MR) is 114 cm³/mol. The maximum atomic E-state index is 12.2. The fourth-order valence-corrected chi connectivity index (χ4v) is 7.08. The second kappa shape index (κ2) is 7.56. The van der Waals surface area contributed by atoms with Gasteiger partial charge in [0.25, 0.3) is 5.91 Å². The van der Waals surface area contributed by atoms with Crippen LogP contribution in [0.1, 0.15) is 54.6 Å². The van der Waals surface area contributed by atoms with Crippen LogP contribution < -0.4 is 10.6 Å². The molecule has 5 nitrogen and oxygen atoms in total. The van der Waals surface area contributed by atoms with Gasteiger partial charge in [-0.1, -0.05) is 18.2 Å². The van der Waals surface area contributed by atoms with Crippen molar-refractivity contribution < 1.29 is 9.59 Å². The van der Waals surface area contributed by atoms with E-state index in [1.54, 1.807) is 24.3 Å². The van der Waals surface area contributed by atoms with E-state index in [4.69, 9.17) is 0 Å². The van der Waals surface area contributed by atoms with Crippen LogP contribution in [0.4, 0.5) is 5.13 Å². The van der Waals surface area contributed by atoms with Crippen LogP contribution in [0.5, 0.6) is 0 Å². The number of rotatable bonds is 6. The van der Waals surface area contributed by atoms with Crippen molar-refractivity contribution in [3.63, 3.8) is 0 Å². The minimum Gasteiger partial charge on any atom is -0.343 e. The van der Waals surface area contributed by atoms with Gasteiger partial charge in [0.15, 0.2) is 5.13 Å². The van der Waals surface area contributed by atoms with E-state index in [-0.39, 0.29) is 18.4 Å². The molecule has 4 aliphatic carbocycles. The largest absolute Gasteiger partial charge is 0.343 e. The van der Waals surface area contributed by atoms with E-state index in [9.17, 15) is 9.59 Å². The summed E-state index contributed by atoms with van der Waals surface area (Å²) >= 11 is 1.48. The zero-order chi connectivity index (χ0) is 19.8. The van der Waals surface area contributed by atoms with Crippen molar-refractivity contribution in [2.24, 2.45) is 23.2 Å². The molecule has 4 fully saturated rings. The molecule has 1 aromatic carbocycles. The average Bonchev–Trinajstić information content (AvgIpc) is 3.11. The second-order valence-corrected chi connectivity index (χ2v) is 10.2. The lowest BCUT2D eigenvalue weighted by atomic mass is 9.48. The number of amides is 2. The molecule has 6 rings (SSSR count). The van der Waals surface area contributed by atoms with E-state index in [1.807, 2.05) is 6.07 Å². The minimum absolute atomic E-state index is 0.0579. The number of anilines is 1. The van der Waals surface area contributed by atoms with Crippen molar-refractivity contribution in [2.45, 2.75) is 44.9 Å². The Morgan fingerprint density at radius 1 is 1.03 bits per heavy atom. The first kappa shape index (κ1) is 18.8. The summed E-state index contributed by atoms with van der Waals surface area (Å²) in [5.74, 6) is 2.32. The van der Waals surface area contributed by atoms with Crippen molar-refractivity contribution in [2.75, 3.05) is 11.9 Å². The van der Waals surface area contributed by atoms with Crippen LogP contribution in [0, 0.1) is 23.2 Å². The predicted octanol–water partition coefficient (Wildman–Crippen LogP) is 4.27. The molecule has 1 aromatic heterocycles. The van der Waals surface area contributed by atoms with E-state index >= 15 is 0 Å². The highest BCUT2D eigenvalue weighted by Gasteiger charge is 2.50. The first-order valence-electron chi connectivity index (χ1n) is 10.6. The monoisotopic (exact) mass is 409 g/mol. The van der Waals surface area contributed by atoms with Gasteiger partial charge < -0.3 is 10.6 Å². The van der Waals surface area contributed by atoms with Crippen molar-refractivity contribution in [3.05, 3.63) is 47.0 Å². The molecular weight excluding hydrogens is 382 g/mol. The first-order valence-corrected chi connectivity index (χ1v) is 11.5. The molecule has 4 saturated carbocycles. The Hall–Kier alpha value is -2.21. The number of hydrogen-bond donors (Lipinski definition) is 2. The van der Waals surface area contributed by atoms with Crippen LogP contribution in [-0.4, -0.2) is 23.3 Å². The van der Waals surface area contributed by atoms with Crippen LogP contribution in [-0.2, 0) is 11.2 Å². The van der Waals surface area contributed by atoms with Crippen LogP contribution in [0.2, 0.25) is 0 Å². The standard InChI is InChI=1S/C23H27N3O2S/c27-20(13-24-21(28)18-4-2-1-3-5-18)26-22-25-19(14-29-22)12-23-9-15-6-16(10-23)8-17(7-15)11-23/h1-5,14-17H,6-13H2,(H,24,28)(H,25,26,27). The molecule has 1 heterocycles. The molecule has 6 heteroatoms. The fraction of sp³-hybridized carbons (Fsp3) is 0.522. The molecule has 0 radical (unpaired) electrons. The molecular formula is C23H27N3O2S. The van der Waals surface area contributed by atoms with E-state index in [1.165, 1.54) is 49.9 Å². The van der Waals surface area contributed by atoms with Crippen molar-refractivity contribution >= 4 is 28.3 Å². The third kappa shape index (κ3) is 4.08. The van der Waals surface area contributed by atoms with Gasteiger partial charge in [-0.05, 0) is 80.2 Å². The highest BCUT2D eigenvalue weighted by atomic mass is 32.1. The summed E-state index contributed by atoms with van der Waals surface area (Å²) in [5, 5.41) is 8.21. The van der Waals surface area contributed by atoms with Gasteiger partial charge in [-0.25, -0.2) is 4.98 Å². The summed E-state index contributed by atoms with van der Waals surface area (Å²) in [4.78, 5) is 28.9. The molecule has 2 aromatic rings. The Morgan fingerprint density at radius 3 is 2.34 bits per heavy atom. The van der Waals surface area contributed by atoms with Gasteiger partial charge in [0, 0.05) is 10.9 Å². The Balaban J connectivity index is 1.15. The highest BCUT2D eigenvalue weighted by Crippen LogP contribution is 2.61. The fourth-order valence-electron chi connectivity index (χ4n) is 6.35. The van der Waals surface area contributed by atoms with Crippen molar-refractivity contribution in [1.82, 2.24) is 10.3 Å². The van der Waals surface area contributed by atoms with E-state index in [0.29, 0.717) is 16.1 Å². The van der Waals surface area contributed by atoms with Gasteiger partial charge in [-0.15, -0.1) is 11.3 Å². The lowest BCUT2D eigenvalue weighted by Crippen LogP contribution is -2.47. The third-order valence-corrected chi connectivity index (χ3v) is 7.77. The summed E-state index contributed by atoms with van der Waals surface area (Å²) in [7, 11) is 0. The van der Waals surface area contributed by atoms with Gasteiger partial charge >= 0.3 is 0 Å². The molecule has 0 unspecified atom stereocenters. The number of aromatic nitrogens is 1. The molecule has 0 saturated heterocycles. The zero-order valence-corrected chi connectivity index (χ0v) is 17.3. The van der Waals surface area contributed by atoms with Crippen LogP contribution >= 0.6 is 11.3 Å². The number of benzene rings is 1. The first-order chi connectivity index (χ1) is 14.1. The van der Waals surface area contributed by atoms with Crippen LogP contribution in [0.3, 0.4) is 0 Å². The Labute approximate surface area is 175 Å². The van der Waals surface area contributed by atoms with Gasteiger partial charge in [0.2, 0.25) is 5.91 Å². The lowest BCUT2D eigenvalue weighted by Gasteiger charge is -2.56. The molecule has 2 amide bonds. The Kier molecular flexibility index (Phi) is 4.90.